The number of imidazole rings is 1. The van der Waals surface area contributed by atoms with Crippen LogP contribution in [0.4, 0.5) is 5.69 Å². The molecule has 0 bridgehead atoms. The standard InChI is InChI=1S/C44H40N6O3S/c45-31-36-21-22-42-37(29-36)32-50(54(51,52)48-25-27-53-28-26-48)41(30-35-13-5-1-6-14-35)33-47(42)34-43-46-23-24-49(43)44(38-15-7-2-8-16-38,39-17-9-3-10-18-39)40-19-11-4-12-20-40/h1-24,29,33H,25-28,30,32,34H2. The van der Waals surface area contributed by atoms with Gasteiger partial charge in [0.05, 0.1) is 43.6 Å². The minimum Gasteiger partial charge on any atom is -0.379 e. The van der Waals surface area contributed by atoms with E-state index in [9.17, 15) is 13.7 Å². The number of hydrogen-bond donors (Lipinski definition) is 0. The van der Waals surface area contributed by atoms with Gasteiger partial charge in [0.25, 0.3) is 0 Å². The van der Waals surface area contributed by atoms with Gasteiger partial charge in [-0.05, 0) is 46.0 Å². The Morgan fingerprint density at radius 1 is 0.759 bits per heavy atom. The van der Waals surface area contributed by atoms with Crippen molar-refractivity contribution in [1.29, 1.82) is 5.26 Å². The smallest absolute Gasteiger partial charge is 0.304 e. The van der Waals surface area contributed by atoms with Gasteiger partial charge in [-0.3, -0.25) is 4.31 Å². The molecule has 9 nitrogen and oxygen atoms in total. The van der Waals surface area contributed by atoms with E-state index < -0.39 is 15.7 Å². The molecule has 3 heterocycles. The van der Waals surface area contributed by atoms with Crippen LogP contribution < -0.4 is 4.90 Å². The van der Waals surface area contributed by atoms with Crippen molar-refractivity contribution in [3.63, 3.8) is 0 Å². The Morgan fingerprint density at radius 3 is 1.91 bits per heavy atom. The molecule has 0 spiro atoms. The van der Waals surface area contributed by atoms with Crippen molar-refractivity contribution >= 4 is 15.9 Å². The largest absolute Gasteiger partial charge is 0.379 e. The quantitative estimate of drug-likeness (QED) is 0.140. The van der Waals surface area contributed by atoms with Crippen molar-refractivity contribution in [3.8, 4) is 6.07 Å². The fourth-order valence-corrected chi connectivity index (χ4v) is 9.31. The van der Waals surface area contributed by atoms with E-state index in [4.69, 9.17) is 9.72 Å². The van der Waals surface area contributed by atoms with Gasteiger partial charge in [0.15, 0.2) is 0 Å². The molecule has 0 unspecified atom stereocenters. The van der Waals surface area contributed by atoms with Gasteiger partial charge in [-0.15, -0.1) is 0 Å². The molecule has 0 saturated carbocycles. The SMILES string of the molecule is N#Cc1ccc2c(c1)CN(S(=O)(=O)N1CCOCC1)C(Cc1ccccc1)=CN2Cc1nccn1C(c1ccccc1)(c1ccccc1)c1ccccc1. The Labute approximate surface area is 316 Å². The molecule has 1 aromatic heterocycles. The summed E-state index contributed by atoms with van der Waals surface area (Å²) >= 11 is 0. The van der Waals surface area contributed by atoms with Crippen LogP contribution in [0.15, 0.2) is 164 Å². The number of allylic oxidation sites excluding steroid dienone is 1. The third kappa shape index (κ3) is 6.58. The zero-order chi connectivity index (χ0) is 37.0. The topological polar surface area (TPSA) is 94.7 Å². The molecule has 1 saturated heterocycles. The zero-order valence-corrected chi connectivity index (χ0v) is 30.6. The van der Waals surface area contributed by atoms with Crippen LogP contribution in [-0.4, -0.2) is 52.9 Å². The predicted molar refractivity (Wildman–Crippen MR) is 209 cm³/mol. The Kier molecular flexibility index (Phi) is 9.85. The molecule has 0 amide bonds. The molecule has 0 aliphatic carbocycles. The number of aromatic nitrogens is 2. The molecule has 1 fully saturated rings. The van der Waals surface area contributed by atoms with Crippen LogP contribution in [0, 0.1) is 11.3 Å². The Hall–Kier alpha value is -5.99. The molecule has 6 aromatic rings. The van der Waals surface area contributed by atoms with Crippen LogP contribution >= 0.6 is 0 Å². The van der Waals surface area contributed by atoms with Crippen molar-refractivity contribution < 1.29 is 13.2 Å². The summed E-state index contributed by atoms with van der Waals surface area (Å²) in [4.78, 5) is 7.12. The van der Waals surface area contributed by atoms with Crippen LogP contribution in [0.25, 0.3) is 0 Å². The number of nitrogens with zero attached hydrogens (tertiary/aromatic N) is 6. The summed E-state index contributed by atoms with van der Waals surface area (Å²) in [6, 6.07) is 49.1. The highest BCUT2D eigenvalue weighted by atomic mass is 32.2. The lowest BCUT2D eigenvalue weighted by Gasteiger charge is -2.39. The highest BCUT2D eigenvalue weighted by molar-refractivity contribution is 7.86. The van der Waals surface area contributed by atoms with Gasteiger partial charge in [-0.25, -0.2) is 4.98 Å². The van der Waals surface area contributed by atoms with Gasteiger partial charge in [-0.2, -0.15) is 18.0 Å². The molecule has 10 heteroatoms. The number of nitriles is 1. The monoisotopic (exact) mass is 732 g/mol. The zero-order valence-electron chi connectivity index (χ0n) is 29.8. The maximum absolute atomic E-state index is 14.6. The predicted octanol–water partition coefficient (Wildman–Crippen LogP) is 7.08. The van der Waals surface area contributed by atoms with Crippen molar-refractivity contribution in [2.45, 2.75) is 25.0 Å². The average molecular weight is 733 g/mol. The number of hydrogen-bond acceptors (Lipinski definition) is 6. The fraction of sp³-hybridized carbons (Fsp3) is 0.182. The van der Waals surface area contributed by atoms with E-state index in [2.05, 4.69) is 88.3 Å². The van der Waals surface area contributed by atoms with Crippen molar-refractivity contribution in [2.24, 2.45) is 0 Å². The first-order valence-electron chi connectivity index (χ1n) is 18.1. The van der Waals surface area contributed by atoms with Gasteiger partial charge in [0.2, 0.25) is 0 Å². The number of morpholine rings is 1. The second-order valence-corrected chi connectivity index (χ2v) is 15.3. The van der Waals surface area contributed by atoms with Crippen LogP contribution in [0.5, 0.6) is 0 Å². The van der Waals surface area contributed by atoms with Crippen LogP contribution in [-0.2, 0) is 40.0 Å². The van der Waals surface area contributed by atoms with Gasteiger partial charge in [-0.1, -0.05) is 121 Å². The Bertz CT molecular complexity index is 2290. The lowest BCUT2D eigenvalue weighted by Crippen LogP contribution is -2.48. The first-order valence-corrected chi connectivity index (χ1v) is 19.5. The highest BCUT2D eigenvalue weighted by Crippen LogP contribution is 2.42. The van der Waals surface area contributed by atoms with E-state index in [1.54, 1.807) is 12.1 Å². The summed E-state index contributed by atoms with van der Waals surface area (Å²) in [7, 11) is -3.98. The normalized spacial score (nSPS) is 15.2. The minimum absolute atomic E-state index is 0.0656. The number of anilines is 1. The van der Waals surface area contributed by atoms with Crippen LogP contribution in [0.2, 0.25) is 0 Å². The van der Waals surface area contributed by atoms with Gasteiger partial charge < -0.3 is 14.2 Å². The number of fused-ring (bicyclic) bond motifs is 1. The van der Waals surface area contributed by atoms with Gasteiger partial charge >= 0.3 is 10.2 Å². The molecule has 8 rings (SSSR count). The van der Waals surface area contributed by atoms with Crippen molar-refractivity contribution in [2.75, 3.05) is 31.2 Å². The molecule has 2 aliphatic rings. The van der Waals surface area contributed by atoms with E-state index in [1.165, 1.54) is 8.61 Å². The maximum Gasteiger partial charge on any atom is 0.304 e. The number of benzene rings is 5. The molecular weight excluding hydrogens is 693 g/mol. The summed E-state index contributed by atoms with van der Waals surface area (Å²) in [6.45, 7) is 1.58. The lowest BCUT2D eigenvalue weighted by molar-refractivity contribution is 0.0706. The van der Waals surface area contributed by atoms with E-state index in [0.29, 0.717) is 37.4 Å². The number of rotatable bonds is 10. The molecule has 5 aromatic carbocycles. The van der Waals surface area contributed by atoms with Crippen molar-refractivity contribution in [1.82, 2.24) is 18.2 Å². The molecule has 2 aliphatic heterocycles. The summed E-state index contributed by atoms with van der Waals surface area (Å²) in [5.74, 6) is 0.765. The highest BCUT2D eigenvalue weighted by Gasteiger charge is 2.40. The minimum atomic E-state index is -3.98. The lowest BCUT2D eigenvalue weighted by atomic mass is 9.76. The van der Waals surface area contributed by atoms with Gasteiger partial charge in [0, 0.05) is 43.8 Å². The second-order valence-electron chi connectivity index (χ2n) is 13.4. The summed E-state index contributed by atoms with van der Waals surface area (Å²) in [5.41, 5.74) is 5.99. The maximum atomic E-state index is 14.6. The number of ether oxygens (including phenoxy) is 1. The summed E-state index contributed by atoms with van der Waals surface area (Å²) < 4.78 is 40.0. The van der Waals surface area contributed by atoms with E-state index in [-0.39, 0.29) is 19.6 Å². The second kappa shape index (κ2) is 15.2. The van der Waals surface area contributed by atoms with Crippen molar-refractivity contribution in [3.05, 3.63) is 203 Å². The molecule has 0 N–H and O–H groups in total. The van der Waals surface area contributed by atoms with Crippen LogP contribution in [0.3, 0.4) is 0 Å². The third-order valence-corrected chi connectivity index (χ3v) is 12.2. The summed E-state index contributed by atoms with van der Waals surface area (Å²) in [6.07, 6.45) is 6.19. The third-order valence-electron chi connectivity index (χ3n) is 10.2. The van der Waals surface area contributed by atoms with E-state index in [0.717, 1.165) is 39.3 Å². The fourth-order valence-electron chi connectivity index (χ4n) is 7.71. The Morgan fingerprint density at radius 2 is 1.33 bits per heavy atom. The molecule has 54 heavy (non-hydrogen) atoms. The van der Waals surface area contributed by atoms with E-state index in [1.807, 2.05) is 73.2 Å². The molecule has 0 radical (unpaired) electrons. The summed E-state index contributed by atoms with van der Waals surface area (Å²) in [5, 5.41) is 9.97. The average Bonchev–Trinajstić information content (AvgIpc) is 3.63. The molecular formula is C44H40N6O3S. The molecule has 0 atom stereocenters. The Balaban J connectivity index is 1.32. The first-order chi connectivity index (χ1) is 26.5. The van der Waals surface area contributed by atoms with E-state index >= 15 is 0 Å². The van der Waals surface area contributed by atoms with Gasteiger partial charge in [0.1, 0.15) is 11.4 Å². The molecule has 270 valence electrons. The first kappa shape index (κ1) is 35.1. The van der Waals surface area contributed by atoms with Crippen LogP contribution in [0.1, 0.15) is 39.2 Å².